The van der Waals surface area contributed by atoms with Gasteiger partial charge in [-0.25, -0.2) is 19.5 Å². The molecule has 0 spiro atoms. The van der Waals surface area contributed by atoms with Crippen molar-refractivity contribution in [2.75, 3.05) is 43.7 Å². The number of anilines is 2. The van der Waals surface area contributed by atoms with Crippen LogP contribution in [0.4, 0.5) is 16.2 Å². The summed E-state index contributed by atoms with van der Waals surface area (Å²) in [4.78, 5) is 51.1. The molecule has 2 aromatic carbocycles. The lowest BCUT2D eigenvalue weighted by Gasteiger charge is -2.28. The maximum absolute atomic E-state index is 13.9. The lowest BCUT2D eigenvalue weighted by Crippen LogP contribution is -2.52. The average Bonchev–Trinajstić information content (AvgIpc) is 3.16. The number of hydrogen-bond donors (Lipinski definition) is 3. The number of hydrogen-bond acceptors (Lipinski definition) is 9. The molecule has 0 fully saturated rings. The van der Waals surface area contributed by atoms with Crippen molar-refractivity contribution in [3.8, 4) is 11.8 Å². The molecule has 4 amide bonds. The molecule has 1 atom stereocenters. The Hall–Kier alpha value is -5.66. The van der Waals surface area contributed by atoms with Crippen LogP contribution in [0.25, 0.3) is 0 Å². The van der Waals surface area contributed by atoms with Crippen molar-refractivity contribution in [1.29, 1.82) is 0 Å². The van der Waals surface area contributed by atoms with E-state index in [9.17, 15) is 14.4 Å². The van der Waals surface area contributed by atoms with Crippen LogP contribution in [0, 0.1) is 6.92 Å². The van der Waals surface area contributed by atoms with Crippen LogP contribution >= 0.6 is 12.1 Å². The summed E-state index contributed by atoms with van der Waals surface area (Å²) in [6.45, 7) is 10.1. The number of nitrogens with zero attached hydrogens (tertiary/aromatic N) is 4. The molecule has 13 heteroatoms. The van der Waals surface area contributed by atoms with Crippen molar-refractivity contribution < 1.29 is 23.9 Å². The minimum absolute atomic E-state index is 0.100. The number of aryl methyl sites for hydroxylation is 1. The van der Waals surface area contributed by atoms with Crippen LogP contribution in [0.3, 0.4) is 0 Å². The SMILES string of the molecule is C=CCCN(C(=O)C(Cc1ccccc1)NC(=O)NSNCC(=O)N(CC=C)c1ccc(OC)nc1)c1ccc(OC)nc1.Cc1ccccc1. The third kappa shape index (κ3) is 13.6. The molecule has 0 saturated heterocycles. The molecule has 0 saturated carbocycles. The van der Waals surface area contributed by atoms with Gasteiger partial charge in [0.1, 0.15) is 6.04 Å². The summed E-state index contributed by atoms with van der Waals surface area (Å²) in [7, 11) is 3.02. The molecule has 0 radical (unpaired) electrons. The fourth-order valence-electron chi connectivity index (χ4n) is 4.61. The van der Waals surface area contributed by atoms with Gasteiger partial charge in [0.2, 0.25) is 23.6 Å². The van der Waals surface area contributed by atoms with Gasteiger partial charge in [0.25, 0.3) is 0 Å². The highest BCUT2D eigenvalue weighted by Gasteiger charge is 2.27. The van der Waals surface area contributed by atoms with Crippen LogP contribution in [-0.4, -0.2) is 67.7 Å². The summed E-state index contributed by atoms with van der Waals surface area (Å²) in [6, 6.07) is 24.9. The molecular weight excluding hydrogens is 667 g/mol. The monoisotopic (exact) mass is 711 g/mol. The molecule has 2 heterocycles. The molecule has 0 bridgehead atoms. The Labute approximate surface area is 304 Å². The first-order chi connectivity index (χ1) is 24.8. The topological polar surface area (TPSA) is 138 Å². The maximum Gasteiger partial charge on any atom is 0.326 e. The molecule has 4 aromatic rings. The minimum atomic E-state index is -0.905. The second-order valence-corrected chi connectivity index (χ2v) is 11.6. The van der Waals surface area contributed by atoms with E-state index in [1.165, 1.54) is 30.9 Å². The van der Waals surface area contributed by atoms with E-state index >= 15 is 0 Å². The Morgan fingerprint density at radius 1 is 0.824 bits per heavy atom. The lowest BCUT2D eigenvalue weighted by atomic mass is 10.0. The first-order valence-corrected chi connectivity index (χ1v) is 17.0. The summed E-state index contributed by atoms with van der Waals surface area (Å²) in [6.07, 6.45) is 7.19. The van der Waals surface area contributed by atoms with Crippen LogP contribution in [-0.2, 0) is 16.0 Å². The molecular formula is C38H45N7O5S. The van der Waals surface area contributed by atoms with E-state index in [-0.39, 0.29) is 31.3 Å². The molecule has 268 valence electrons. The van der Waals surface area contributed by atoms with E-state index in [0.29, 0.717) is 36.1 Å². The molecule has 2 aromatic heterocycles. The number of carbonyl (C=O) groups excluding carboxylic acids is 3. The van der Waals surface area contributed by atoms with Crippen LogP contribution in [0.2, 0.25) is 0 Å². The number of benzene rings is 2. The standard InChI is InChI=1S/C31H37N7O5S.C7H8/c1-5-7-18-38(25-14-16-28(43-4)33-21-25)30(40)26(19-23-11-9-8-10-12-23)35-31(41)36-44-34-22-29(39)37(17-6-2)24-13-15-27(42-3)32-20-24;1-7-5-3-2-4-6-7/h5-6,8-16,20-21,26,34H,1-2,7,17-19,22H2,3-4H3,(H2,35,36,41);2-6H,1H3. The molecule has 0 aliphatic rings. The number of carbonyl (C=O) groups is 3. The molecule has 0 aliphatic carbocycles. The third-order valence-electron chi connectivity index (χ3n) is 7.18. The highest BCUT2D eigenvalue weighted by atomic mass is 32.2. The van der Waals surface area contributed by atoms with Crippen molar-refractivity contribution in [2.45, 2.75) is 25.8 Å². The van der Waals surface area contributed by atoms with Crippen LogP contribution < -0.4 is 34.0 Å². The van der Waals surface area contributed by atoms with Gasteiger partial charge >= 0.3 is 6.03 Å². The Morgan fingerprint density at radius 2 is 1.41 bits per heavy atom. The van der Waals surface area contributed by atoms with Gasteiger partial charge in [0, 0.05) is 43.8 Å². The van der Waals surface area contributed by atoms with Gasteiger partial charge in [-0.15, -0.1) is 13.2 Å². The number of urea groups is 1. The molecule has 51 heavy (non-hydrogen) atoms. The first-order valence-electron chi connectivity index (χ1n) is 16.1. The number of pyridine rings is 2. The van der Waals surface area contributed by atoms with Gasteiger partial charge in [0.05, 0.1) is 44.5 Å². The number of rotatable bonds is 17. The summed E-state index contributed by atoms with van der Waals surface area (Å²) < 4.78 is 15.6. The second kappa shape index (κ2) is 22.1. The Morgan fingerprint density at radius 3 is 1.90 bits per heavy atom. The van der Waals surface area contributed by atoms with Crippen molar-refractivity contribution in [2.24, 2.45) is 0 Å². The summed E-state index contributed by atoms with van der Waals surface area (Å²) >= 11 is 0.826. The zero-order chi connectivity index (χ0) is 36.8. The zero-order valence-electron chi connectivity index (χ0n) is 29.2. The van der Waals surface area contributed by atoms with Gasteiger partial charge in [-0.2, -0.15) is 0 Å². The molecule has 3 N–H and O–H groups in total. The zero-order valence-corrected chi connectivity index (χ0v) is 30.0. The van der Waals surface area contributed by atoms with E-state index in [1.807, 2.05) is 48.5 Å². The minimum Gasteiger partial charge on any atom is -0.481 e. The van der Waals surface area contributed by atoms with Crippen LogP contribution in [0.1, 0.15) is 17.5 Å². The van der Waals surface area contributed by atoms with Crippen molar-refractivity contribution in [1.82, 2.24) is 24.7 Å². The van der Waals surface area contributed by atoms with Gasteiger partial charge in [0.15, 0.2) is 0 Å². The van der Waals surface area contributed by atoms with Gasteiger partial charge in [-0.05, 0) is 31.0 Å². The van der Waals surface area contributed by atoms with Gasteiger partial charge in [-0.3, -0.25) is 14.3 Å². The lowest BCUT2D eigenvalue weighted by molar-refractivity contribution is -0.120. The van der Waals surface area contributed by atoms with E-state index in [4.69, 9.17) is 9.47 Å². The summed E-state index contributed by atoms with van der Waals surface area (Å²) in [5, 5.41) is 2.78. The van der Waals surface area contributed by atoms with Crippen LogP contribution in [0.15, 0.2) is 123 Å². The normalized spacial score (nSPS) is 10.7. The molecule has 0 aliphatic heterocycles. The van der Waals surface area contributed by atoms with E-state index < -0.39 is 12.1 Å². The largest absolute Gasteiger partial charge is 0.481 e. The second-order valence-electron chi connectivity index (χ2n) is 10.9. The first kappa shape index (κ1) is 39.8. The Kier molecular flexibility index (Phi) is 17.3. The number of nitrogens with one attached hydrogen (secondary N) is 3. The Balaban J connectivity index is 0.000000892. The van der Waals surface area contributed by atoms with Crippen molar-refractivity contribution in [3.05, 3.63) is 134 Å². The predicted octanol–water partition coefficient (Wildman–Crippen LogP) is 5.68. The highest BCUT2D eigenvalue weighted by Crippen LogP contribution is 2.20. The third-order valence-corrected chi connectivity index (χ3v) is 7.76. The fourth-order valence-corrected chi connectivity index (χ4v) is 5.03. The number of methoxy groups -OCH3 is 2. The highest BCUT2D eigenvalue weighted by molar-refractivity contribution is 7.96. The predicted molar refractivity (Wildman–Crippen MR) is 204 cm³/mol. The van der Waals surface area contributed by atoms with E-state index in [1.54, 1.807) is 47.5 Å². The van der Waals surface area contributed by atoms with Crippen molar-refractivity contribution in [3.63, 3.8) is 0 Å². The molecule has 12 nitrogen and oxygen atoms in total. The number of aromatic nitrogens is 2. The summed E-state index contributed by atoms with van der Waals surface area (Å²) in [5.74, 6) is 0.255. The Bertz CT molecular complexity index is 1660. The fraction of sp³-hybridized carbons (Fsp3) is 0.237. The van der Waals surface area contributed by atoms with E-state index in [2.05, 4.69) is 56.9 Å². The number of amides is 4. The smallest absolute Gasteiger partial charge is 0.326 e. The maximum atomic E-state index is 13.9. The van der Waals surface area contributed by atoms with Crippen molar-refractivity contribution >= 4 is 41.4 Å². The van der Waals surface area contributed by atoms with Crippen LogP contribution in [0.5, 0.6) is 11.8 Å². The number of ether oxygens (including phenoxy) is 2. The van der Waals surface area contributed by atoms with E-state index in [0.717, 1.165) is 17.7 Å². The van der Waals surface area contributed by atoms with Gasteiger partial charge < -0.3 is 24.6 Å². The quantitative estimate of drug-likeness (QED) is 0.0718. The average molecular weight is 712 g/mol. The summed E-state index contributed by atoms with van der Waals surface area (Å²) in [5.41, 5.74) is 3.32. The molecule has 4 rings (SSSR count). The van der Waals surface area contributed by atoms with Gasteiger partial charge in [-0.1, -0.05) is 78.4 Å². The molecule has 1 unspecified atom stereocenters.